The minimum absolute atomic E-state index is 0.436. The van der Waals surface area contributed by atoms with Crippen molar-refractivity contribution >= 4 is 81.1 Å². The van der Waals surface area contributed by atoms with Gasteiger partial charge in [0.25, 0.3) is 0 Å². The predicted octanol–water partition coefficient (Wildman–Crippen LogP) is 15.2. The quantitative estimate of drug-likeness (QED) is 0.127. The average molecular weight is 962 g/mol. The van der Waals surface area contributed by atoms with Crippen LogP contribution in [0.5, 0.6) is 0 Å². The molecule has 0 atom stereocenters. The van der Waals surface area contributed by atoms with Crippen LogP contribution >= 0.6 is 0 Å². The molecule has 0 aliphatic carbocycles. The molecule has 2 aliphatic heterocycles. The molecule has 3 heterocycles. The zero-order valence-electron chi connectivity index (χ0n) is 44.4. The maximum atomic E-state index is 6.49. The zero-order chi connectivity index (χ0) is 51.2. The van der Waals surface area contributed by atoms with Gasteiger partial charge in [-0.05, 0) is 201 Å². The Morgan fingerprint density at radius 3 is 1.18 bits per heavy atom. The first-order valence-electron chi connectivity index (χ1n) is 25.7. The maximum absolute atomic E-state index is 6.49. The molecule has 0 spiro atoms. The van der Waals surface area contributed by atoms with Crippen molar-refractivity contribution in [1.29, 1.82) is 0 Å². The van der Waals surface area contributed by atoms with Gasteiger partial charge in [0.1, 0.15) is 0 Å². The highest BCUT2D eigenvalue weighted by atomic mass is 16.7. The van der Waals surface area contributed by atoms with Crippen LogP contribution in [0.2, 0.25) is 0 Å². The summed E-state index contributed by atoms with van der Waals surface area (Å²) in [6.45, 7) is 25.5. The third-order valence-electron chi connectivity index (χ3n) is 16.0. The summed E-state index contributed by atoms with van der Waals surface area (Å²) in [6, 6.07) is 64.2. The van der Waals surface area contributed by atoms with Gasteiger partial charge in [0.05, 0.1) is 33.4 Å². The van der Waals surface area contributed by atoms with Crippen LogP contribution in [0, 0.1) is 27.7 Å². The van der Waals surface area contributed by atoms with Gasteiger partial charge in [-0.2, -0.15) is 0 Å². The van der Waals surface area contributed by atoms with Crippen LogP contribution in [0.15, 0.2) is 176 Å². The Morgan fingerprint density at radius 2 is 0.767 bits per heavy atom. The first-order chi connectivity index (χ1) is 34.8. The lowest BCUT2D eigenvalue weighted by Gasteiger charge is -2.32. The van der Waals surface area contributed by atoms with Crippen LogP contribution in [-0.4, -0.2) is 41.2 Å². The molecule has 2 aliphatic rings. The zero-order valence-corrected chi connectivity index (χ0v) is 44.4. The Hall–Kier alpha value is -6.87. The number of anilines is 6. The maximum Gasteiger partial charge on any atom is 0.494 e. The Labute approximate surface area is 432 Å². The highest BCUT2D eigenvalue weighted by Crippen LogP contribution is 2.45. The molecule has 0 unspecified atom stereocenters. The number of hydrogen-bond acceptors (Lipinski definition) is 6. The average Bonchev–Trinajstić information content (AvgIpc) is 3.89. The van der Waals surface area contributed by atoms with Gasteiger partial charge in [-0.25, -0.2) is 0 Å². The summed E-state index contributed by atoms with van der Waals surface area (Å²) in [5.74, 6) is 0. The lowest BCUT2D eigenvalue weighted by Crippen LogP contribution is -2.41. The topological polar surface area (TPSA) is 48.3 Å². The highest BCUT2D eigenvalue weighted by Gasteiger charge is 2.52. The van der Waals surface area contributed by atoms with E-state index in [9.17, 15) is 0 Å². The normalized spacial score (nSPS) is 16.7. The molecule has 8 aromatic carbocycles. The van der Waals surface area contributed by atoms with Crippen LogP contribution < -0.4 is 20.7 Å². The van der Waals surface area contributed by atoms with E-state index in [1.807, 2.05) is 0 Å². The molecular weight excluding hydrogens is 896 g/mol. The molecular formula is C64H65B2N3O4. The first kappa shape index (κ1) is 48.4. The van der Waals surface area contributed by atoms with Crippen molar-refractivity contribution in [2.45, 2.75) is 105 Å². The van der Waals surface area contributed by atoms with Crippen LogP contribution in [0.3, 0.4) is 0 Å². The van der Waals surface area contributed by atoms with E-state index in [0.717, 1.165) is 78.1 Å². The first-order valence-corrected chi connectivity index (χ1v) is 25.7. The molecule has 0 amide bonds. The number of benzene rings is 8. The molecule has 366 valence electrons. The third-order valence-corrected chi connectivity index (χ3v) is 16.0. The van der Waals surface area contributed by atoms with Crippen LogP contribution in [0.1, 0.15) is 77.6 Å². The summed E-state index contributed by atoms with van der Waals surface area (Å²) < 4.78 is 28.4. The highest BCUT2D eigenvalue weighted by molar-refractivity contribution is 6.62. The van der Waals surface area contributed by atoms with Crippen LogP contribution in [0.25, 0.3) is 38.6 Å². The Bertz CT molecular complexity index is 3320. The third kappa shape index (κ3) is 8.66. The molecule has 2 saturated heterocycles. The molecule has 9 aromatic rings. The van der Waals surface area contributed by atoms with E-state index in [2.05, 4.69) is 273 Å². The number of aryl methyl sites for hydroxylation is 4. The fourth-order valence-electron chi connectivity index (χ4n) is 10.5. The van der Waals surface area contributed by atoms with Crippen LogP contribution in [0.4, 0.5) is 34.1 Å². The van der Waals surface area contributed by atoms with Crippen molar-refractivity contribution in [3.63, 3.8) is 0 Å². The molecule has 7 nitrogen and oxygen atoms in total. The molecule has 9 heteroatoms. The van der Waals surface area contributed by atoms with E-state index >= 15 is 0 Å². The molecule has 0 radical (unpaired) electrons. The Kier molecular flexibility index (Phi) is 11.9. The fourth-order valence-corrected chi connectivity index (χ4v) is 10.5. The minimum atomic E-state index is -0.456. The van der Waals surface area contributed by atoms with Crippen molar-refractivity contribution in [1.82, 2.24) is 4.57 Å². The van der Waals surface area contributed by atoms with Gasteiger partial charge in [0, 0.05) is 50.6 Å². The molecule has 73 heavy (non-hydrogen) atoms. The summed E-state index contributed by atoms with van der Waals surface area (Å²) in [6.07, 6.45) is 0. The van der Waals surface area contributed by atoms with Gasteiger partial charge in [-0.3, -0.25) is 0 Å². The van der Waals surface area contributed by atoms with Crippen molar-refractivity contribution in [3.05, 3.63) is 198 Å². The van der Waals surface area contributed by atoms with E-state index in [4.69, 9.17) is 18.6 Å². The van der Waals surface area contributed by atoms with E-state index in [1.54, 1.807) is 0 Å². The predicted molar refractivity (Wildman–Crippen MR) is 306 cm³/mol. The van der Waals surface area contributed by atoms with Crippen molar-refractivity contribution in [2.24, 2.45) is 0 Å². The van der Waals surface area contributed by atoms with Gasteiger partial charge in [0.15, 0.2) is 0 Å². The van der Waals surface area contributed by atoms with Crippen LogP contribution in [-0.2, 0) is 18.6 Å². The second-order valence-corrected chi connectivity index (χ2v) is 22.3. The van der Waals surface area contributed by atoms with Gasteiger partial charge in [0.2, 0.25) is 0 Å². The Balaban J connectivity index is 1.09. The number of nitrogens with zero attached hydrogens (tertiary/aromatic N) is 3. The van der Waals surface area contributed by atoms with E-state index < -0.39 is 36.6 Å². The second kappa shape index (κ2) is 18.0. The summed E-state index contributed by atoms with van der Waals surface area (Å²) in [5, 5.41) is 2.28. The summed E-state index contributed by atoms with van der Waals surface area (Å²) in [4.78, 5) is 4.77. The molecule has 0 bridgehead atoms. The van der Waals surface area contributed by atoms with Crippen molar-refractivity contribution < 1.29 is 18.6 Å². The van der Waals surface area contributed by atoms with Gasteiger partial charge < -0.3 is 33.0 Å². The van der Waals surface area contributed by atoms with E-state index in [-0.39, 0.29) is 0 Å². The molecule has 1 aromatic heterocycles. The lowest BCUT2D eigenvalue weighted by atomic mass is 9.79. The molecule has 0 saturated carbocycles. The lowest BCUT2D eigenvalue weighted by molar-refractivity contribution is 0.00578. The molecule has 11 rings (SSSR count). The van der Waals surface area contributed by atoms with Crippen molar-refractivity contribution in [2.75, 3.05) is 9.80 Å². The van der Waals surface area contributed by atoms with Gasteiger partial charge in [-0.1, -0.05) is 102 Å². The summed E-state index contributed by atoms with van der Waals surface area (Å²) in [7, 11) is -0.913. The number of rotatable bonds is 10. The standard InChI is InChI=1S/C64H65B2N3O4/c1-42-21-33-57(44(3)37-42)67(50-27-23-48(24-28-50)65-70-61(5,6)62(7,8)71-65)53-31-35-59-55(40-53)56-41-54(32-36-60(56)69(59)52-20-16-19-47(39-52)46-17-14-13-15-18-46)68(58-34-22-43(2)38-45(58)4)51-29-25-49(26-30-51)66-72-63(9,10)64(11,12)73-66/h13-41H,1-12H3. The smallest absolute Gasteiger partial charge is 0.399 e. The largest absolute Gasteiger partial charge is 0.494 e. The summed E-state index contributed by atoms with van der Waals surface area (Å²) in [5.41, 5.74) is 17.1. The summed E-state index contributed by atoms with van der Waals surface area (Å²) >= 11 is 0. The SMILES string of the molecule is Cc1ccc(N(c2ccc(B3OC(C)(C)C(C)(C)O3)cc2)c2ccc3c(c2)c2cc(N(c4ccc(B5OC(C)(C)C(C)(C)O5)cc4)c4ccc(C)cc4C)ccc2n3-c2cccc(-c3ccccc3)c2)c(C)c1. The Morgan fingerprint density at radius 1 is 0.370 bits per heavy atom. The fraction of sp³-hybridized carbons (Fsp3) is 0.250. The monoisotopic (exact) mass is 962 g/mol. The van der Waals surface area contributed by atoms with E-state index in [1.165, 1.54) is 27.8 Å². The second-order valence-electron chi connectivity index (χ2n) is 22.3. The minimum Gasteiger partial charge on any atom is -0.399 e. The van der Waals surface area contributed by atoms with Gasteiger partial charge >= 0.3 is 14.2 Å². The number of fused-ring (bicyclic) bond motifs is 3. The number of hydrogen-bond donors (Lipinski definition) is 0. The molecule has 2 fully saturated rings. The van der Waals surface area contributed by atoms with Gasteiger partial charge in [-0.15, -0.1) is 0 Å². The van der Waals surface area contributed by atoms with E-state index in [0.29, 0.717) is 0 Å². The van der Waals surface area contributed by atoms with Crippen molar-refractivity contribution in [3.8, 4) is 16.8 Å². The molecule has 0 N–H and O–H groups in total. The number of aromatic nitrogens is 1.